The molecule has 2 nitrogen and oxygen atoms in total. The Hall–Kier alpha value is 0.137. The summed E-state index contributed by atoms with van der Waals surface area (Å²) < 4.78 is 10.1. The lowest BCUT2D eigenvalue weighted by Crippen LogP contribution is -2.23. The van der Waals surface area contributed by atoms with Gasteiger partial charge in [-0.15, -0.1) is 0 Å². The van der Waals surface area contributed by atoms with E-state index in [9.17, 15) is 0 Å². The highest BCUT2D eigenvalue weighted by molar-refractivity contribution is 6.10. The fraction of sp³-hybridized carbons (Fsp3) is 1.00. The first-order valence-corrected chi connectivity index (χ1v) is 3.74. The Kier molecular flexibility index (Phi) is 1.84. The lowest BCUT2D eigenvalue weighted by atomic mass is 10.5. The van der Waals surface area contributed by atoms with Crippen LogP contribution in [0, 0.1) is 0 Å². The summed E-state index contributed by atoms with van der Waals surface area (Å²) in [6, 6.07) is 0. The molecule has 0 radical (unpaired) electrons. The smallest absolute Gasteiger partial charge is 0.146 e. The zero-order chi connectivity index (χ0) is 5.11. The third-order valence-corrected chi connectivity index (χ3v) is 2.02. The maximum Gasteiger partial charge on any atom is 0.146 e. The second-order valence-corrected chi connectivity index (χ2v) is 3.08. The molecule has 0 bridgehead atoms. The minimum atomic E-state index is 0.522. The number of ether oxygens (including phenoxy) is 2. The topological polar surface area (TPSA) is 18.5 Å². The van der Waals surface area contributed by atoms with Crippen LogP contribution in [0.15, 0.2) is 0 Å². The van der Waals surface area contributed by atoms with E-state index in [0.29, 0.717) is 12.5 Å². The van der Waals surface area contributed by atoms with Crippen LogP contribution in [-0.4, -0.2) is 29.4 Å². The molecule has 0 aliphatic carbocycles. The predicted octanol–water partition coefficient (Wildman–Crippen LogP) is -0.928. The fourth-order valence-electron chi connectivity index (χ4n) is 0.556. The van der Waals surface area contributed by atoms with Crippen molar-refractivity contribution in [1.82, 2.24) is 0 Å². The Morgan fingerprint density at radius 3 is 2.71 bits per heavy atom. The van der Waals surface area contributed by atoms with E-state index in [0.717, 1.165) is 23.3 Å². The molecular formula is C4H10O2Si. The van der Waals surface area contributed by atoms with Crippen LogP contribution in [0.4, 0.5) is 0 Å². The number of hydrogen-bond donors (Lipinski definition) is 0. The van der Waals surface area contributed by atoms with E-state index in [2.05, 4.69) is 0 Å². The highest BCUT2D eigenvalue weighted by Gasteiger charge is 2.05. The van der Waals surface area contributed by atoms with Crippen molar-refractivity contribution < 1.29 is 9.47 Å². The second kappa shape index (κ2) is 2.45. The van der Waals surface area contributed by atoms with Gasteiger partial charge in [0.2, 0.25) is 0 Å². The zero-order valence-corrected chi connectivity index (χ0v) is 6.52. The lowest BCUT2D eigenvalue weighted by molar-refractivity contribution is -0.112. The Labute approximate surface area is 46.2 Å². The van der Waals surface area contributed by atoms with Gasteiger partial charge in [0.15, 0.2) is 0 Å². The Balaban J connectivity index is 2.12. The van der Waals surface area contributed by atoms with Gasteiger partial charge in [-0.25, -0.2) is 0 Å². The van der Waals surface area contributed by atoms with Crippen LogP contribution in [0.25, 0.3) is 0 Å². The van der Waals surface area contributed by atoms with E-state index < -0.39 is 0 Å². The molecule has 0 N–H and O–H groups in total. The average Bonchev–Trinajstić information content (AvgIpc) is 1.69. The highest BCUT2D eigenvalue weighted by Crippen LogP contribution is 1.99. The average molecular weight is 118 g/mol. The quantitative estimate of drug-likeness (QED) is 0.383. The summed E-state index contributed by atoms with van der Waals surface area (Å²) in [5.74, 6) is 0. The first-order chi connectivity index (χ1) is 3.39. The van der Waals surface area contributed by atoms with Gasteiger partial charge in [-0.2, -0.15) is 0 Å². The monoisotopic (exact) mass is 118 g/mol. The van der Waals surface area contributed by atoms with Gasteiger partial charge in [0, 0.05) is 16.0 Å². The number of hydrogen-bond acceptors (Lipinski definition) is 2. The molecule has 1 rings (SSSR count). The maximum atomic E-state index is 5.12. The van der Waals surface area contributed by atoms with Crippen molar-refractivity contribution in [3.05, 3.63) is 0 Å². The summed E-state index contributed by atoms with van der Waals surface area (Å²) in [4.78, 5) is 0. The van der Waals surface area contributed by atoms with Crippen molar-refractivity contribution in [1.29, 1.82) is 0 Å². The molecule has 0 aromatic heterocycles. The van der Waals surface area contributed by atoms with Gasteiger partial charge in [0.1, 0.15) is 6.79 Å². The van der Waals surface area contributed by atoms with Crippen LogP contribution < -0.4 is 0 Å². The molecule has 1 aliphatic rings. The van der Waals surface area contributed by atoms with Crippen molar-refractivity contribution >= 4 is 10.2 Å². The molecular weight excluding hydrogens is 108 g/mol. The fourth-order valence-corrected chi connectivity index (χ4v) is 0.928. The first kappa shape index (κ1) is 5.28. The van der Waals surface area contributed by atoms with E-state index in [1.807, 2.05) is 0 Å². The third-order valence-electron chi connectivity index (χ3n) is 1.10. The maximum absolute atomic E-state index is 5.12. The van der Waals surface area contributed by atoms with Crippen molar-refractivity contribution in [2.45, 2.75) is 12.1 Å². The summed E-state index contributed by atoms with van der Waals surface area (Å²) in [7, 11) is 1.15. The van der Waals surface area contributed by atoms with Gasteiger partial charge in [-0.1, -0.05) is 0 Å². The molecule has 0 amide bonds. The summed E-state index contributed by atoms with van der Waals surface area (Å²) in [6.07, 6.45) is 1.10. The summed E-state index contributed by atoms with van der Waals surface area (Å²) in [5.41, 5.74) is 0.550. The van der Waals surface area contributed by atoms with Crippen LogP contribution >= 0.6 is 0 Å². The minimum absolute atomic E-state index is 0.522. The summed E-state index contributed by atoms with van der Waals surface area (Å²) >= 11 is 0. The minimum Gasteiger partial charge on any atom is -0.357 e. The standard InChI is InChI=1S/C4H10O2Si/c7-4-1-2-5-3-6-4/h4H,1-3H2,7H3. The molecule has 1 heterocycles. The molecule has 0 saturated carbocycles. The molecule has 3 heteroatoms. The molecule has 1 unspecified atom stereocenters. The van der Waals surface area contributed by atoms with Gasteiger partial charge in [0.05, 0.1) is 6.61 Å². The van der Waals surface area contributed by atoms with Crippen LogP contribution in [0.5, 0.6) is 0 Å². The SMILES string of the molecule is [SiH3]C1CCOCO1. The zero-order valence-electron chi connectivity index (χ0n) is 4.52. The van der Waals surface area contributed by atoms with Gasteiger partial charge in [0.25, 0.3) is 0 Å². The van der Waals surface area contributed by atoms with E-state index in [1.54, 1.807) is 0 Å². The molecule has 7 heavy (non-hydrogen) atoms. The Bertz CT molecular complexity index is 51.7. The highest BCUT2D eigenvalue weighted by atomic mass is 28.1. The van der Waals surface area contributed by atoms with Crippen LogP contribution in [0.1, 0.15) is 6.42 Å². The summed E-state index contributed by atoms with van der Waals surface area (Å²) in [6.45, 7) is 1.42. The van der Waals surface area contributed by atoms with Gasteiger partial charge < -0.3 is 9.47 Å². The van der Waals surface area contributed by atoms with Gasteiger partial charge in [-0.3, -0.25) is 0 Å². The Morgan fingerprint density at radius 1 is 1.57 bits per heavy atom. The molecule has 0 aromatic rings. The van der Waals surface area contributed by atoms with Crippen molar-refractivity contribution in [2.75, 3.05) is 13.4 Å². The normalized spacial score (nSPS) is 33.4. The molecule has 42 valence electrons. The van der Waals surface area contributed by atoms with E-state index >= 15 is 0 Å². The molecule has 1 aliphatic heterocycles. The molecule has 0 aromatic carbocycles. The van der Waals surface area contributed by atoms with Gasteiger partial charge >= 0.3 is 0 Å². The van der Waals surface area contributed by atoms with Crippen molar-refractivity contribution in [2.24, 2.45) is 0 Å². The molecule has 1 fully saturated rings. The number of rotatable bonds is 0. The van der Waals surface area contributed by atoms with E-state index in [4.69, 9.17) is 9.47 Å². The summed E-state index contributed by atoms with van der Waals surface area (Å²) in [5, 5.41) is 0. The van der Waals surface area contributed by atoms with E-state index in [-0.39, 0.29) is 0 Å². The second-order valence-electron chi connectivity index (χ2n) is 1.79. The first-order valence-electron chi connectivity index (χ1n) is 2.59. The molecule has 1 saturated heterocycles. The lowest BCUT2D eigenvalue weighted by Gasteiger charge is -2.18. The largest absolute Gasteiger partial charge is 0.357 e. The third kappa shape index (κ3) is 1.59. The van der Waals surface area contributed by atoms with Crippen LogP contribution in [-0.2, 0) is 9.47 Å². The van der Waals surface area contributed by atoms with Crippen molar-refractivity contribution in [3.8, 4) is 0 Å². The van der Waals surface area contributed by atoms with Crippen LogP contribution in [0.3, 0.4) is 0 Å². The molecule has 0 spiro atoms. The van der Waals surface area contributed by atoms with Gasteiger partial charge in [-0.05, 0) is 6.42 Å². The predicted molar refractivity (Wildman–Crippen MR) is 30.2 cm³/mol. The van der Waals surface area contributed by atoms with Crippen LogP contribution in [0.2, 0.25) is 0 Å². The molecule has 1 atom stereocenters. The Morgan fingerprint density at radius 2 is 2.43 bits per heavy atom. The van der Waals surface area contributed by atoms with E-state index in [1.165, 1.54) is 0 Å². The van der Waals surface area contributed by atoms with Crippen molar-refractivity contribution in [3.63, 3.8) is 0 Å².